The Bertz CT molecular complexity index is 338. The van der Waals surface area contributed by atoms with Crippen molar-refractivity contribution in [1.82, 2.24) is 15.1 Å². The van der Waals surface area contributed by atoms with Gasteiger partial charge in [-0.25, -0.2) is 0 Å². The fraction of sp³-hybridized carbons (Fsp3) is 0.857. The number of piperidine rings is 1. The Kier molecular flexibility index (Phi) is 4.80. The summed E-state index contributed by atoms with van der Waals surface area (Å²) in [5.74, 6) is 0.777. The highest BCUT2D eigenvalue weighted by Crippen LogP contribution is 2.20. The van der Waals surface area contributed by atoms with Crippen LogP contribution in [-0.2, 0) is 9.59 Å². The van der Waals surface area contributed by atoms with Gasteiger partial charge in [0.15, 0.2) is 0 Å². The van der Waals surface area contributed by atoms with E-state index in [9.17, 15) is 9.59 Å². The standard InChI is InChI=1S/C14H25N3O2/c1-3-12-14(19)17(10-13(18)15-12)9-6-11-4-7-16(2)8-5-11/h11-12H,3-10H2,1-2H3,(H,15,18). The van der Waals surface area contributed by atoms with Gasteiger partial charge in [0.05, 0.1) is 6.54 Å². The van der Waals surface area contributed by atoms with Gasteiger partial charge in [0, 0.05) is 6.54 Å². The van der Waals surface area contributed by atoms with Crippen molar-refractivity contribution in [3.05, 3.63) is 0 Å². The molecule has 2 aliphatic rings. The van der Waals surface area contributed by atoms with E-state index in [-0.39, 0.29) is 24.4 Å². The summed E-state index contributed by atoms with van der Waals surface area (Å²) in [5.41, 5.74) is 0. The lowest BCUT2D eigenvalue weighted by Gasteiger charge is -2.34. The Labute approximate surface area is 115 Å². The van der Waals surface area contributed by atoms with Crippen LogP contribution >= 0.6 is 0 Å². The number of nitrogens with zero attached hydrogens (tertiary/aromatic N) is 2. The molecule has 2 heterocycles. The Hall–Kier alpha value is -1.10. The number of carbonyl (C=O) groups is 2. The zero-order valence-electron chi connectivity index (χ0n) is 12.0. The first-order chi connectivity index (χ1) is 9.10. The number of hydrogen-bond acceptors (Lipinski definition) is 3. The molecule has 2 rings (SSSR count). The first-order valence-electron chi connectivity index (χ1n) is 7.36. The molecule has 2 saturated heterocycles. The fourth-order valence-electron chi connectivity index (χ4n) is 2.93. The zero-order chi connectivity index (χ0) is 13.8. The number of amides is 2. The largest absolute Gasteiger partial charge is 0.343 e. The highest BCUT2D eigenvalue weighted by Gasteiger charge is 2.31. The van der Waals surface area contributed by atoms with E-state index in [0.717, 1.165) is 26.1 Å². The lowest BCUT2D eigenvalue weighted by atomic mass is 9.93. The van der Waals surface area contributed by atoms with E-state index < -0.39 is 0 Å². The van der Waals surface area contributed by atoms with Crippen LogP contribution in [0.4, 0.5) is 0 Å². The van der Waals surface area contributed by atoms with Crippen LogP contribution < -0.4 is 5.32 Å². The van der Waals surface area contributed by atoms with E-state index >= 15 is 0 Å². The summed E-state index contributed by atoms with van der Waals surface area (Å²) < 4.78 is 0. The molecule has 2 amide bonds. The van der Waals surface area contributed by atoms with Gasteiger partial charge in [-0.3, -0.25) is 9.59 Å². The zero-order valence-corrected chi connectivity index (χ0v) is 12.0. The van der Waals surface area contributed by atoms with E-state index in [1.807, 2.05) is 6.92 Å². The Balaban J connectivity index is 1.81. The topological polar surface area (TPSA) is 52.7 Å². The number of likely N-dealkylation sites (tertiary alicyclic amines) is 1. The van der Waals surface area contributed by atoms with Crippen molar-refractivity contribution in [2.24, 2.45) is 5.92 Å². The average Bonchev–Trinajstić information content (AvgIpc) is 2.41. The minimum absolute atomic E-state index is 0.0187. The van der Waals surface area contributed by atoms with E-state index in [0.29, 0.717) is 12.3 Å². The summed E-state index contributed by atoms with van der Waals surface area (Å²) in [7, 11) is 2.15. The minimum atomic E-state index is -0.307. The van der Waals surface area contributed by atoms with Crippen molar-refractivity contribution in [1.29, 1.82) is 0 Å². The van der Waals surface area contributed by atoms with Crippen LogP contribution in [0, 0.1) is 5.92 Å². The lowest BCUT2D eigenvalue weighted by molar-refractivity contribution is -0.144. The molecule has 0 spiro atoms. The van der Waals surface area contributed by atoms with Gasteiger partial charge in [0.25, 0.3) is 0 Å². The van der Waals surface area contributed by atoms with Crippen molar-refractivity contribution in [3.8, 4) is 0 Å². The summed E-state index contributed by atoms with van der Waals surface area (Å²) >= 11 is 0. The molecular formula is C14H25N3O2. The van der Waals surface area contributed by atoms with Crippen LogP contribution in [-0.4, -0.2) is 60.9 Å². The highest BCUT2D eigenvalue weighted by molar-refractivity contribution is 5.94. The van der Waals surface area contributed by atoms with E-state index in [2.05, 4.69) is 17.3 Å². The highest BCUT2D eigenvalue weighted by atomic mass is 16.2. The number of hydrogen-bond donors (Lipinski definition) is 1. The molecule has 0 radical (unpaired) electrons. The third-order valence-corrected chi connectivity index (χ3v) is 4.33. The fourth-order valence-corrected chi connectivity index (χ4v) is 2.93. The Morgan fingerprint density at radius 2 is 1.95 bits per heavy atom. The predicted molar refractivity (Wildman–Crippen MR) is 73.6 cm³/mol. The summed E-state index contributed by atoms with van der Waals surface area (Å²) in [6.07, 6.45) is 4.13. The third kappa shape index (κ3) is 3.69. The van der Waals surface area contributed by atoms with Gasteiger partial charge in [-0.05, 0) is 51.7 Å². The second kappa shape index (κ2) is 6.37. The van der Waals surface area contributed by atoms with E-state index in [1.54, 1.807) is 4.90 Å². The molecule has 1 atom stereocenters. The molecule has 2 aliphatic heterocycles. The second-order valence-electron chi connectivity index (χ2n) is 5.82. The molecule has 1 N–H and O–H groups in total. The second-order valence-corrected chi connectivity index (χ2v) is 5.82. The molecule has 2 fully saturated rings. The lowest BCUT2D eigenvalue weighted by Crippen LogP contribution is -2.58. The van der Waals surface area contributed by atoms with Gasteiger partial charge >= 0.3 is 0 Å². The van der Waals surface area contributed by atoms with Gasteiger partial charge in [-0.15, -0.1) is 0 Å². The van der Waals surface area contributed by atoms with Gasteiger partial charge in [-0.2, -0.15) is 0 Å². The summed E-state index contributed by atoms with van der Waals surface area (Å²) in [4.78, 5) is 27.8. The van der Waals surface area contributed by atoms with Gasteiger partial charge in [-0.1, -0.05) is 6.92 Å². The van der Waals surface area contributed by atoms with Crippen LogP contribution in [0.3, 0.4) is 0 Å². The monoisotopic (exact) mass is 267 g/mol. The van der Waals surface area contributed by atoms with Crippen molar-refractivity contribution < 1.29 is 9.59 Å². The number of carbonyl (C=O) groups excluding carboxylic acids is 2. The van der Waals surface area contributed by atoms with E-state index in [4.69, 9.17) is 0 Å². The van der Waals surface area contributed by atoms with Crippen molar-refractivity contribution in [3.63, 3.8) is 0 Å². The number of rotatable bonds is 4. The van der Waals surface area contributed by atoms with Crippen LogP contribution in [0.25, 0.3) is 0 Å². The van der Waals surface area contributed by atoms with Gasteiger partial charge in [0.2, 0.25) is 11.8 Å². The maximum Gasteiger partial charge on any atom is 0.245 e. The van der Waals surface area contributed by atoms with Crippen LogP contribution in [0.15, 0.2) is 0 Å². The van der Waals surface area contributed by atoms with Gasteiger partial charge in [0.1, 0.15) is 6.04 Å². The minimum Gasteiger partial charge on any atom is -0.343 e. The molecule has 0 aliphatic carbocycles. The summed E-state index contributed by atoms with van der Waals surface area (Å²) in [6.45, 7) is 5.20. The molecule has 108 valence electrons. The molecule has 1 unspecified atom stereocenters. The maximum absolute atomic E-state index is 12.1. The first-order valence-corrected chi connectivity index (χ1v) is 7.36. The molecular weight excluding hydrogens is 242 g/mol. The molecule has 0 aromatic carbocycles. The molecule has 5 heteroatoms. The summed E-state index contributed by atoms with van der Waals surface area (Å²) in [6, 6.07) is -0.307. The first kappa shape index (κ1) is 14.3. The number of piperazine rings is 1. The molecule has 0 aromatic rings. The quantitative estimate of drug-likeness (QED) is 0.805. The van der Waals surface area contributed by atoms with Crippen molar-refractivity contribution >= 4 is 11.8 Å². The van der Waals surface area contributed by atoms with Crippen molar-refractivity contribution in [2.75, 3.05) is 33.2 Å². The molecule has 19 heavy (non-hydrogen) atoms. The van der Waals surface area contributed by atoms with Crippen LogP contribution in [0.2, 0.25) is 0 Å². The Morgan fingerprint density at radius 1 is 1.26 bits per heavy atom. The predicted octanol–water partition coefficient (Wildman–Crippen LogP) is 0.455. The normalized spacial score (nSPS) is 26.6. The van der Waals surface area contributed by atoms with Gasteiger partial charge < -0.3 is 15.1 Å². The summed E-state index contributed by atoms with van der Waals surface area (Å²) in [5, 5.41) is 2.75. The van der Waals surface area contributed by atoms with Crippen molar-refractivity contribution in [2.45, 2.75) is 38.6 Å². The SMILES string of the molecule is CCC1NC(=O)CN(CCC2CCN(C)CC2)C1=O. The molecule has 5 nitrogen and oxygen atoms in total. The molecule has 0 aromatic heterocycles. The van der Waals surface area contributed by atoms with Crippen LogP contribution in [0.5, 0.6) is 0 Å². The van der Waals surface area contributed by atoms with Crippen LogP contribution in [0.1, 0.15) is 32.6 Å². The Morgan fingerprint density at radius 3 is 2.58 bits per heavy atom. The average molecular weight is 267 g/mol. The number of nitrogens with one attached hydrogen (secondary N) is 1. The smallest absolute Gasteiger partial charge is 0.245 e. The van der Waals surface area contributed by atoms with E-state index in [1.165, 1.54) is 12.8 Å². The maximum atomic E-state index is 12.1. The third-order valence-electron chi connectivity index (χ3n) is 4.33. The molecule has 0 bridgehead atoms. The molecule has 0 saturated carbocycles.